The summed E-state index contributed by atoms with van der Waals surface area (Å²) in [4.78, 5) is 10.8. The van der Waals surface area contributed by atoms with Gasteiger partial charge in [0.2, 0.25) is 5.91 Å². The van der Waals surface area contributed by atoms with E-state index in [4.69, 9.17) is 5.11 Å². The normalized spacial score (nSPS) is 27.3. The Hall–Kier alpha value is -0.570. The third kappa shape index (κ3) is 4.09. The first-order chi connectivity index (χ1) is 6.72. The van der Waals surface area contributed by atoms with Crippen molar-refractivity contribution in [3.05, 3.63) is 0 Å². The molecular formula is C11H21NO2. The highest BCUT2D eigenvalue weighted by molar-refractivity contribution is 5.73. The van der Waals surface area contributed by atoms with Crippen LogP contribution in [0.2, 0.25) is 0 Å². The lowest BCUT2D eigenvalue weighted by atomic mass is 9.83. The van der Waals surface area contributed by atoms with Crippen LogP contribution in [-0.4, -0.2) is 23.7 Å². The predicted octanol–water partition coefficient (Wildman–Crippen LogP) is 1.45. The molecule has 0 saturated heterocycles. The predicted molar refractivity (Wildman–Crippen MR) is 55.9 cm³/mol. The second kappa shape index (κ2) is 6.02. The van der Waals surface area contributed by atoms with Crippen LogP contribution in [0.15, 0.2) is 0 Å². The summed E-state index contributed by atoms with van der Waals surface area (Å²) < 4.78 is 0. The number of rotatable bonds is 4. The zero-order valence-electron chi connectivity index (χ0n) is 8.96. The molecular weight excluding hydrogens is 178 g/mol. The van der Waals surface area contributed by atoms with E-state index in [0.29, 0.717) is 12.6 Å². The molecule has 0 aromatic heterocycles. The van der Waals surface area contributed by atoms with E-state index in [1.807, 2.05) is 0 Å². The van der Waals surface area contributed by atoms with Crippen LogP contribution in [-0.2, 0) is 4.79 Å². The van der Waals surface area contributed by atoms with E-state index in [1.54, 1.807) is 6.92 Å². The molecule has 1 rings (SSSR count). The molecule has 0 unspecified atom stereocenters. The Bertz CT molecular complexity index is 174. The van der Waals surface area contributed by atoms with E-state index < -0.39 is 0 Å². The summed E-state index contributed by atoms with van der Waals surface area (Å²) in [6.45, 7) is 1.89. The van der Waals surface area contributed by atoms with Gasteiger partial charge in [0.15, 0.2) is 0 Å². The smallest absolute Gasteiger partial charge is 0.217 e. The summed E-state index contributed by atoms with van der Waals surface area (Å²) in [5.74, 6) is 0.857. The highest BCUT2D eigenvalue weighted by Crippen LogP contribution is 2.27. The summed E-state index contributed by atoms with van der Waals surface area (Å²) in [5.41, 5.74) is 0. The Labute approximate surface area is 85.9 Å². The summed E-state index contributed by atoms with van der Waals surface area (Å²) in [6.07, 6.45) is 6.68. The van der Waals surface area contributed by atoms with E-state index in [2.05, 4.69) is 5.32 Å². The van der Waals surface area contributed by atoms with Crippen LogP contribution in [0.25, 0.3) is 0 Å². The van der Waals surface area contributed by atoms with Gasteiger partial charge >= 0.3 is 0 Å². The molecule has 0 spiro atoms. The Morgan fingerprint density at radius 2 is 2.00 bits per heavy atom. The number of amides is 1. The molecule has 82 valence electrons. The average Bonchev–Trinajstić information content (AvgIpc) is 2.16. The highest BCUT2D eigenvalue weighted by Gasteiger charge is 2.20. The number of hydrogen-bond donors (Lipinski definition) is 2. The van der Waals surface area contributed by atoms with Gasteiger partial charge < -0.3 is 10.4 Å². The van der Waals surface area contributed by atoms with Gasteiger partial charge in [-0.05, 0) is 44.4 Å². The van der Waals surface area contributed by atoms with Crippen molar-refractivity contribution >= 4 is 5.91 Å². The number of carbonyl (C=O) groups excluding carboxylic acids is 1. The number of aliphatic hydroxyl groups is 1. The van der Waals surface area contributed by atoms with Crippen LogP contribution in [0.1, 0.15) is 45.4 Å². The lowest BCUT2D eigenvalue weighted by Gasteiger charge is -2.28. The summed E-state index contributed by atoms with van der Waals surface area (Å²) >= 11 is 0. The van der Waals surface area contributed by atoms with Crippen molar-refractivity contribution in [2.24, 2.45) is 5.92 Å². The van der Waals surface area contributed by atoms with Gasteiger partial charge in [-0.3, -0.25) is 4.79 Å². The maximum Gasteiger partial charge on any atom is 0.217 e. The van der Waals surface area contributed by atoms with E-state index in [1.165, 1.54) is 12.8 Å². The SMILES string of the molecule is CC(=O)NC1CCC(CCCO)CC1. The minimum atomic E-state index is 0.0869. The van der Waals surface area contributed by atoms with Crippen molar-refractivity contribution in [1.29, 1.82) is 0 Å². The molecule has 0 aliphatic heterocycles. The lowest BCUT2D eigenvalue weighted by Crippen LogP contribution is -2.36. The zero-order valence-corrected chi connectivity index (χ0v) is 8.96. The van der Waals surface area contributed by atoms with Gasteiger partial charge in [0.1, 0.15) is 0 Å². The lowest BCUT2D eigenvalue weighted by molar-refractivity contribution is -0.119. The number of nitrogens with one attached hydrogen (secondary N) is 1. The van der Waals surface area contributed by atoms with Crippen LogP contribution in [0.4, 0.5) is 0 Å². The second-order valence-corrected chi connectivity index (χ2v) is 4.28. The zero-order chi connectivity index (χ0) is 10.4. The van der Waals surface area contributed by atoms with Gasteiger partial charge in [-0.1, -0.05) is 0 Å². The molecule has 0 aromatic carbocycles. The van der Waals surface area contributed by atoms with Gasteiger partial charge in [-0.25, -0.2) is 0 Å². The quantitative estimate of drug-likeness (QED) is 0.720. The van der Waals surface area contributed by atoms with Gasteiger partial charge in [0.05, 0.1) is 0 Å². The molecule has 14 heavy (non-hydrogen) atoms. The van der Waals surface area contributed by atoms with Crippen molar-refractivity contribution < 1.29 is 9.90 Å². The molecule has 0 atom stereocenters. The molecule has 1 aliphatic rings. The number of carbonyl (C=O) groups is 1. The first-order valence-corrected chi connectivity index (χ1v) is 5.60. The monoisotopic (exact) mass is 199 g/mol. The maximum absolute atomic E-state index is 10.8. The standard InChI is InChI=1S/C11H21NO2/c1-9(14)12-11-6-4-10(5-7-11)3-2-8-13/h10-11,13H,2-8H2,1H3,(H,12,14). The van der Waals surface area contributed by atoms with Crippen LogP contribution in [0, 0.1) is 5.92 Å². The molecule has 1 fully saturated rings. The minimum Gasteiger partial charge on any atom is -0.396 e. The van der Waals surface area contributed by atoms with Crippen LogP contribution < -0.4 is 5.32 Å². The molecule has 1 aliphatic carbocycles. The molecule has 3 nitrogen and oxygen atoms in total. The van der Waals surface area contributed by atoms with Crippen LogP contribution >= 0.6 is 0 Å². The number of hydrogen-bond acceptors (Lipinski definition) is 2. The van der Waals surface area contributed by atoms with E-state index in [0.717, 1.165) is 31.6 Å². The first kappa shape index (κ1) is 11.5. The molecule has 2 N–H and O–H groups in total. The molecule has 1 saturated carbocycles. The van der Waals surface area contributed by atoms with Crippen molar-refractivity contribution in [2.75, 3.05) is 6.61 Å². The van der Waals surface area contributed by atoms with Crippen molar-refractivity contribution in [3.63, 3.8) is 0 Å². The highest BCUT2D eigenvalue weighted by atomic mass is 16.2. The molecule has 0 aromatic rings. The van der Waals surface area contributed by atoms with Crippen LogP contribution in [0.5, 0.6) is 0 Å². The first-order valence-electron chi connectivity index (χ1n) is 5.60. The summed E-state index contributed by atoms with van der Waals surface area (Å²) in [6, 6.07) is 0.401. The van der Waals surface area contributed by atoms with Gasteiger partial charge in [-0.15, -0.1) is 0 Å². The maximum atomic E-state index is 10.8. The third-order valence-electron chi connectivity index (χ3n) is 3.02. The molecule has 0 heterocycles. The fourth-order valence-electron chi connectivity index (χ4n) is 2.26. The van der Waals surface area contributed by atoms with E-state index in [-0.39, 0.29) is 5.91 Å². The largest absolute Gasteiger partial charge is 0.396 e. The van der Waals surface area contributed by atoms with E-state index >= 15 is 0 Å². The number of aliphatic hydroxyl groups excluding tert-OH is 1. The van der Waals surface area contributed by atoms with Crippen molar-refractivity contribution in [3.8, 4) is 0 Å². The minimum absolute atomic E-state index is 0.0869. The summed E-state index contributed by atoms with van der Waals surface area (Å²) in [7, 11) is 0. The molecule has 3 heteroatoms. The molecule has 0 radical (unpaired) electrons. The van der Waals surface area contributed by atoms with Gasteiger partial charge in [-0.2, -0.15) is 0 Å². The fraction of sp³-hybridized carbons (Fsp3) is 0.909. The third-order valence-corrected chi connectivity index (χ3v) is 3.02. The fourth-order valence-corrected chi connectivity index (χ4v) is 2.26. The van der Waals surface area contributed by atoms with E-state index in [9.17, 15) is 4.79 Å². The van der Waals surface area contributed by atoms with Crippen molar-refractivity contribution in [2.45, 2.75) is 51.5 Å². The molecule has 1 amide bonds. The van der Waals surface area contributed by atoms with Gasteiger partial charge in [0, 0.05) is 19.6 Å². The van der Waals surface area contributed by atoms with Crippen molar-refractivity contribution in [1.82, 2.24) is 5.32 Å². The average molecular weight is 199 g/mol. The Morgan fingerprint density at radius 1 is 1.36 bits per heavy atom. The Balaban J connectivity index is 2.14. The van der Waals surface area contributed by atoms with Crippen LogP contribution in [0.3, 0.4) is 0 Å². The second-order valence-electron chi connectivity index (χ2n) is 4.28. The topological polar surface area (TPSA) is 49.3 Å². The summed E-state index contributed by atoms with van der Waals surface area (Å²) in [5, 5.41) is 11.7. The Morgan fingerprint density at radius 3 is 2.50 bits per heavy atom. The van der Waals surface area contributed by atoms with Gasteiger partial charge in [0.25, 0.3) is 0 Å². The Kier molecular flexibility index (Phi) is 4.94. The molecule has 0 bridgehead atoms.